The van der Waals surface area contributed by atoms with Crippen LogP contribution in [0.25, 0.3) is 11.4 Å². The zero-order valence-corrected chi connectivity index (χ0v) is 21.3. The van der Waals surface area contributed by atoms with Crippen LogP contribution in [0.2, 0.25) is 0 Å². The molecule has 2 nitrogen and oxygen atoms in total. The topological polar surface area (TPSA) is 25.8 Å². The van der Waals surface area contributed by atoms with Gasteiger partial charge in [-0.15, -0.1) is 0 Å². The number of nitrogens with zero attached hydrogens (tertiary/aromatic N) is 2. The first-order valence-corrected chi connectivity index (χ1v) is 14.2. The highest BCUT2D eigenvalue weighted by Crippen LogP contribution is 2.39. The second-order valence-corrected chi connectivity index (χ2v) is 11.0. The first kappa shape index (κ1) is 24.4. The van der Waals surface area contributed by atoms with Gasteiger partial charge in [-0.05, 0) is 86.2 Å². The van der Waals surface area contributed by atoms with Gasteiger partial charge in [-0.2, -0.15) is 0 Å². The average Bonchev–Trinajstić information content (AvgIpc) is 2.89. The molecule has 2 fully saturated rings. The predicted molar refractivity (Wildman–Crippen MR) is 141 cm³/mol. The van der Waals surface area contributed by atoms with E-state index in [1.54, 1.807) is 0 Å². The monoisotopic (exact) mass is 446 g/mol. The van der Waals surface area contributed by atoms with E-state index in [0.717, 1.165) is 29.1 Å². The molecular weight excluding hydrogens is 400 g/mol. The molecule has 0 aliphatic heterocycles. The molecule has 2 heteroatoms. The van der Waals surface area contributed by atoms with Crippen LogP contribution in [0.15, 0.2) is 36.7 Å². The molecule has 0 spiro atoms. The van der Waals surface area contributed by atoms with Crippen LogP contribution in [0.3, 0.4) is 0 Å². The van der Waals surface area contributed by atoms with Crippen LogP contribution >= 0.6 is 0 Å². The standard InChI is InChI=1S/C31H46N2/c1-3-5-7-9-25-10-14-26(15-11-25)27-18-20-29(21-19-27)31-32-22-30(23-33-31)28-16-12-24(13-17-28)8-6-4-2/h18-26,28H,3-17H2,1-2H3. The Morgan fingerprint density at radius 1 is 0.606 bits per heavy atom. The van der Waals surface area contributed by atoms with Crippen molar-refractivity contribution >= 4 is 0 Å². The Hall–Kier alpha value is -1.70. The van der Waals surface area contributed by atoms with Crippen LogP contribution in [0.1, 0.15) is 133 Å². The fourth-order valence-corrected chi connectivity index (χ4v) is 6.35. The van der Waals surface area contributed by atoms with Gasteiger partial charge < -0.3 is 0 Å². The average molecular weight is 447 g/mol. The number of hydrogen-bond acceptors (Lipinski definition) is 2. The third-order valence-electron chi connectivity index (χ3n) is 8.66. The zero-order chi connectivity index (χ0) is 22.9. The maximum atomic E-state index is 4.77. The first-order valence-electron chi connectivity index (χ1n) is 14.2. The summed E-state index contributed by atoms with van der Waals surface area (Å²) in [5.41, 5.74) is 4.02. The smallest absolute Gasteiger partial charge is 0.159 e. The van der Waals surface area contributed by atoms with E-state index in [9.17, 15) is 0 Å². The molecule has 180 valence electrons. The van der Waals surface area contributed by atoms with Crippen molar-refractivity contribution in [2.24, 2.45) is 11.8 Å². The normalized spacial score (nSPS) is 25.8. The largest absolute Gasteiger partial charge is 0.236 e. The van der Waals surface area contributed by atoms with E-state index in [4.69, 9.17) is 9.97 Å². The zero-order valence-electron chi connectivity index (χ0n) is 21.3. The Labute approximate surface area is 203 Å². The summed E-state index contributed by atoms with van der Waals surface area (Å²) in [6, 6.07) is 9.17. The van der Waals surface area contributed by atoms with E-state index in [0.29, 0.717) is 5.92 Å². The van der Waals surface area contributed by atoms with Crippen molar-refractivity contribution in [1.29, 1.82) is 0 Å². The molecule has 0 atom stereocenters. The van der Waals surface area contributed by atoms with Crippen molar-refractivity contribution in [1.82, 2.24) is 9.97 Å². The number of aromatic nitrogens is 2. The van der Waals surface area contributed by atoms with E-state index in [1.165, 1.54) is 107 Å². The van der Waals surface area contributed by atoms with Crippen LogP contribution < -0.4 is 0 Å². The van der Waals surface area contributed by atoms with Gasteiger partial charge in [0.05, 0.1) is 0 Å². The molecule has 2 saturated carbocycles. The lowest BCUT2D eigenvalue weighted by atomic mass is 9.77. The Balaban J connectivity index is 1.27. The Kier molecular flexibility index (Phi) is 9.38. The third-order valence-corrected chi connectivity index (χ3v) is 8.66. The molecule has 0 saturated heterocycles. The lowest BCUT2D eigenvalue weighted by Gasteiger charge is -2.29. The molecule has 2 aliphatic carbocycles. The Morgan fingerprint density at radius 3 is 1.67 bits per heavy atom. The van der Waals surface area contributed by atoms with Crippen molar-refractivity contribution in [3.05, 3.63) is 47.8 Å². The van der Waals surface area contributed by atoms with Crippen LogP contribution in [-0.2, 0) is 0 Å². The van der Waals surface area contributed by atoms with Gasteiger partial charge in [0.2, 0.25) is 0 Å². The molecule has 33 heavy (non-hydrogen) atoms. The highest BCUT2D eigenvalue weighted by molar-refractivity contribution is 5.55. The molecule has 1 aromatic carbocycles. The van der Waals surface area contributed by atoms with Crippen molar-refractivity contribution in [2.45, 2.75) is 122 Å². The first-order chi connectivity index (χ1) is 16.3. The minimum absolute atomic E-state index is 0.663. The van der Waals surface area contributed by atoms with Gasteiger partial charge in [0.25, 0.3) is 0 Å². The summed E-state index contributed by atoms with van der Waals surface area (Å²) in [5, 5.41) is 0. The van der Waals surface area contributed by atoms with Crippen LogP contribution in [0.5, 0.6) is 0 Å². The molecule has 1 heterocycles. The number of unbranched alkanes of at least 4 members (excludes halogenated alkanes) is 3. The van der Waals surface area contributed by atoms with E-state index < -0.39 is 0 Å². The molecular formula is C31H46N2. The molecule has 2 aromatic rings. The highest BCUT2D eigenvalue weighted by atomic mass is 14.9. The van der Waals surface area contributed by atoms with Crippen LogP contribution in [-0.4, -0.2) is 9.97 Å². The van der Waals surface area contributed by atoms with Gasteiger partial charge in [-0.25, -0.2) is 9.97 Å². The van der Waals surface area contributed by atoms with E-state index in [1.807, 2.05) is 0 Å². The van der Waals surface area contributed by atoms with Gasteiger partial charge >= 0.3 is 0 Å². The second-order valence-electron chi connectivity index (χ2n) is 11.0. The molecule has 2 aliphatic rings. The minimum Gasteiger partial charge on any atom is -0.236 e. The molecule has 0 radical (unpaired) electrons. The van der Waals surface area contributed by atoms with Gasteiger partial charge in [0, 0.05) is 18.0 Å². The van der Waals surface area contributed by atoms with E-state index >= 15 is 0 Å². The SMILES string of the molecule is CCCCCC1CCC(c2ccc(-c3ncc(C4CCC(CCCC)CC4)cn3)cc2)CC1. The minimum atomic E-state index is 0.663. The van der Waals surface area contributed by atoms with Gasteiger partial charge in [0.1, 0.15) is 0 Å². The lowest BCUT2D eigenvalue weighted by Crippen LogP contribution is -2.14. The quantitative estimate of drug-likeness (QED) is 0.340. The molecule has 0 N–H and O–H groups in total. The Morgan fingerprint density at radius 2 is 1.12 bits per heavy atom. The summed E-state index contributed by atoms with van der Waals surface area (Å²) >= 11 is 0. The summed E-state index contributed by atoms with van der Waals surface area (Å²) in [6.45, 7) is 4.61. The van der Waals surface area contributed by atoms with Gasteiger partial charge in [-0.1, -0.05) is 83.1 Å². The van der Waals surface area contributed by atoms with Gasteiger partial charge in [0.15, 0.2) is 5.82 Å². The summed E-state index contributed by atoms with van der Waals surface area (Å²) < 4.78 is 0. The molecule has 0 unspecified atom stereocenters. The van der Waals surface area contributed by atoms with Crippen molar-refractivity contribution < 1.29 is 0 Å². The van der Waals surface area contributed by atoms with Crippen LogP contribution in [0.4, 0.5) is 0 Å². The third kappa shape index (κ3) is 6.90. The highest BCUT2D eigenvalue weighted by Gasteiger charge is 2.23. The van der Waals surface area contributed by atoms with Gasteiger partial charge in [-0.3, -0.25) is 0 Å². The van der Waals surface area contributed by atoms with E-state index in [-0.39, 0.29) is 0 Å². The predicted octanol–water partition coefficient (Wildman–Crippen LogP) is 9.46. The van der Waals surface area contributed by atoms with Crippen molar-refractivity contribution in [3.63, 3.8) is 0 Å². The lowest BCUT2D eigenvalue weighted by molar-refractivity contribution is 0.303. The summed E-state index contributed by atoms with van der Waals surface area (Å²) in [4.78, 5) is 9.54. The maximum absolute atomic E-state index is 4.77. The molecule has 0 amide bonds. The Bertz CT molecular complexity index is 794. The fraction of sp³-hybridized carbons (Fsp3) is 0.677. The molecule has 4 rings (SSSR count). The number of hydrogen-bond donors (Lipinski definition) is 0. The summed E-state index contributed by atoms with van der Waals surface area (Å²) in [7, 11) is 0. The van der Waals surface area contributed by atoms with E-state index in [2.05, 4.69) is 50.5 Å². The fourth-order valence-electron chi connectivity index (χ4n) is 6.35. The number of benzene rings is 1. The molecule has 0 bridgehead atoms. The second kappa shape index (κ2) is 12.7. The van der Waals surface area contributed by atoms with Crippen LogP contribution in [0, 0.1) is 11.8 Å². The molecule has 1 aromatic heterocycles. The summed E-state index contributed by atoms with van der Waals surface area (Å²) in [6.07, 6.45) is 24.9. The summed E-state index contributed by atoms with van der Waals surface area (Å²) in [5.74, 6) is 4.22. The van der Waals surface area contributed by atoms with Crippen molar-refractivity contribution in [2.75, 3.05) is 0 Å². The number of rotatable bonds is 10. The van der Waals surface area contributed by atoms with Crippen molar-refractivity contribution in [3.8, 4) is 11.4 Å². The maximum Gasteiger partial charge on any atom is 0.159 e.